The minimum absolute atomic E-state index is 0.0639. The lowest BCUT2D eigenvalue weighted by atomic mass is 10.1. The summed E-state index contributed by atoms with van der Waals surface area (Å²) in [6.07, 6.45) is 0. The second-order valence-electron chi connectivity index (χ2n) is 9.79. The molecular formula is C37H26NOS3+. The van der Waals surface area contributed by atoms with Crippen molar-refractivity contribution in [1.29, 1.82) is 0 Å². The van der Waals surface area contributed by atoms with Crippen LogP contribution in [0.4, 0.5) is 0 Å². The molecule has 0 aliphatic carbocycles. The Morgan fingerprint density at radius 1 is 0.429 bits per heavy atom. The number of pyridine rings is 1. The summed E-state index contributed by atoms with van der Waals surface area (Å²) < 4.78 is 0. The molecule has 2 nitrogen and oxygen atoms in total. The predicted octanol–water partition coefficient (Wildman–Crippen LogP) is 10.1. The molecule has 0 spiro atoms. The van der Waals surface area contributed by atoms with E-state index in [2.05, 4.69) is 120 Å². The molecule has 0 bridgehead atoms. The van der Waals surface area contributed by atoms with Crippen molar-refractivity contribution in [2.75, 3.05) is 0 Å². The standard InChI is InChI=1S/C37H25NOS3/c39-37-33-13-7-8-14-35(33)38-36-24-23-32(25-34(36)37)42(30-19-15-28(16-20-30)40-26-9-3-1-4-10-26)31-21-17-29(18-22-31)41-27-11-5-2-6-12-27/h1-25H/p+1. The van der Waals surface area contributed by atoms with Gasteiger partial charge in [-0.15, -0.1) is 0 Å². The molecule has 0 amide bonds. The fourth-order valence-electron chi connectivity index (χ4n) is 4.97. The van der Waals surface area contributed by atoms with Crippen LogP contribution in [-0.4, -0.2) is 4.98 Å². The third kappa shape index (κ3) is 5.64. The number of hydrogen-bond acceptors (Lipinski definition) is 3. The van der Waals surface area contributed by atoms with Gasteiger partial charge in [-0.3, -0.25) is 4.79 Å². The van der Waals surface area contributed by atoms with E-state index < -0.39 is 10.9 Å². The molecule has 0 saturated carbocycles. The largest absolute Gasteiger partial charge is 0.354 e. The quantitative estimate of drug-likeness (QED) is 0.147. The fraction of sp³-hybridized carbons (Fsp3) is 0. The second kappa shape index (κ2) is 12.0. The first kappa shape index (κ1) is 26.7. The van der Waals surface area contributed by atoms with Crippen LogP contribution in [0.25, 0.3) is 21.8 Å². The van der Waals surface area contributed by atoms with Gasteiger partial charge in [-0.05, 0) is 97.1 Å². The Morgan fingerprint density at radius 2 is 0.881 bits per heavy atom. The number of rotatable bonds is 7. The lowest BCUT2D eigenvalue weighted by Gasteiger charge is -2.11. The van der Waals surface area contributed by atoms with Crippen molar-refractivity contribution in [3.8, 4) is 0 Å². The van der Waals surface area contributed by atoms with E-state index in [0.29, 0.717) is 5.39 Å². The lowest BCUT2D eigenvalue weighted by Crippen LogP contribution is -2.08. The van der Waals surface area contributed by atoms with Crippen LogP contribution >= 0.6 is 23.5 Å². The maximum absolute atomic E-state index is 13.5. The molecule has 1 heterocycles. The Labute approximate surface area is 256 Å². The molecule has 0 fully saturated rings. The molecule has 0 radical (unpaired) electrons. The Bertz CT molecular complexity index is 1950. The van der Waals surface area contributed by atoms with E-state index in [1.165, 1.54) is 29.4 Å². The van der Waals surface area contributed by atoms with E-state index in [1.807, 2.05) is 36.4 Å². The highest BCUT2D eigenvalue weighted by Gasteiger charge is 2.29. The minimum Gasteiger partial charge on any atom is -0.354 e. The van der Waals surface area contributed by atoms with Crippen LogP contribution in [0.3, 0.4) is 0 Å². The molecule has 0 aliphatic rings. The zero-order valence-corrected chi connectivity index (χ0v) is 25.0. The summed E-state index contributed by atoms with van der Waals surface area (Å²) in [5.74, 6) is 0. The van der Waals surface area contributed by atoms with Crippen molar-refractivity contribution in [3.05, 3.63) is 162 Å². The van der Waals surface area contributed by atoms with Crippen molar-refractivity contribution < 1.29 is 0 Å². The van der Waals surface area contributed by atoms with Crippen LogP contribution in [-0.2, 0) is 10.9 Å². The van der Waals surface area contributed by atoms with Gasteiger partial charge < -0.3 is 4.98 Å². The van der Waals surface area contributed by atoms with E-state index in [4.69, 9.17) is 0 Å². The van der Waals surface area contributed by atoms with Crippen molar-refractivity contribution in [2.45, 2.75) is 34.3 Å². The SMILES string of the molecule is O=c1c2ccccc2[nH]c2ccc([S+](c3ccc(Sc4ccccc4)cc3)c3ccc(Sc4ccccc4)cc3)cc12. The molecule has 5 heteroatoms. The molecule has 42 heavy (non-hydrogen) atoms. The predicted molar refractivity (Wildman–Crippen MR) is 178 cm³/mol. The Kier molecular flexibility index (Phi) is 7.62. The number of aromatic amines is 1. The van der Waals surface area contributed by atoms with Gasteiger partial charge in [0, 0.05) is 36.6 Å². The summed E-state index contributed by atoms with van der Waals surface area (Å²) in [6.45, 7) is 0. The maximum Gasteiger partial charge on any atom is 0.197 e. The van der Waals surface area contributed by atoms with Gasteiger partial charge in [0.25, 0.3) is 0 Å². The molecule has 202 valence electrons. The van der Waals surface area contributed by atoms with Gasteiger partial charge in [-0.25, -0.2) is 0 Å². The van der Waals surface area contributed by atoms with Gasteiger partial charge in [0.2, 0.25) is 0 Å². The highest BCUT2D eigenvalue weighted by atomic mass is 32.2. The van der Waals surface area contributed by atoms with Gasteiger partial charge in [0.05, 0.1) is 21.8 Å². The lowest BCUT2D eigenvalue weighted by molar-refractivity contribution is 1.27. The highest BCUT2D eigenvalue weighted by molar-refractivity contribution is 7.99. The van der Waals surface area contributed by atoms with Gasteiger partial charge in [-0.2, -0.15) is 0 Å². The summed E-state index contributed by atoms with van der Waals surface area (Å²) >= 11 is 3.52. The number of nitrogens with one attached hydrogen (secondary N) is 1. The zero-order chi connectivity index (χ0) is 28.3. The van der Waals surface area contributed by atoms with Crippen LogP contribution in [0.5, 0.6) is 0 Å². The minimum atomic E-state index is -0.393. The Morgan fingerprint density at radius 3 is 1.45 bits per heavy atom. The topological polar surface area (TPSA) is 32.9 Å². The maximum atomic E-state index is 13.5. The molecule has 0 atom stereocenters. The summed E-state index contributed by atoms with van der Waals surface area (Å²) in [5, 5.41) is 1.43. The average molecular weight is 597 g/mol. The first-order valence-electron chi connectivity index (χ1n) is 13.7. The van der Waals surface area contributed by atoms with Crippen LogP contribution < -0.4 is 5.43 Å². The van der Waals surface area contributed by atoms with Crippen LogP contribution in [0.15, 0.2) is 191 Å². The number of aromatic nitrogens is 1. The third-order valence-electron chi connectivity index (χ3n) is 6.99. The van der Waals surface area contributed by atoms with Crippen LogP contribution in [0, 0.1) is 0 Å². The normalized spacial score (nSPS) is 11.4. The van der Waals surface area contributed by atoms with Gasteiger partial charge >= 0.3 is 0 Å². The molecule has 0 aliphatic heterocycles. The molecule has 0 saturated heterocycles. The van der Waals surface area contributed by atoms with Gasteiger partial charge in [0.1, 0.15) is 0 Å². The molecular weight excluding hydrogens is 571 g/mol. The molecule has 7 aromatic rings. The monoisotopic (exact) mass is 596 g/mol. The van der Waals surface area contributed by atoms with E-state index in [0.717, 1.165) is 21.3 Å². The van der Waals surface area contributed by atoms with Crippen molar-refractivity contribution >= 4 is 56.2 Å². The molecule has 1 aromatic heterocycles. The summed E-state index contributed by atoms with van der Waals surface area (Å²) in [6, 6.07) is 52.7. The van der Waals surface area contributed by atoms with E-state index in [1.54, 1.807) is 23.5 Å². The Hall–Kier alpha value is -4.16. The number of para-hydroxylation sites is 1. The number of fused-ring (bicyclic) bond motifs is 2. The molecule has 6 aromatic carbocycles. The van der Waals surface area contributed by atoms with Gasteiger partial charge in [-0.1, -0.05) is 72.1 Å². The van der Waals surface area contributed by atoms with E-state index in [-0.39, 0.29) is 5.43 Å². The number of hydrogen-bond donors (Lipinski definition) is 1. The summed E-state index contributed by atoms with van der Waals surface area (Å²) in [4.78, 5) is 25.4. The number of H-pyrrole nitrogens is 1. The molecule has 1 N–H and O–H groups in total. The molecule has 0 unspecified atom stereocenters. The van der Waals surface area contributed by atoms with E-state index >= 15 is 0 Å². The highest BCUT2D eigenvalue weighted by Crippen LogP contribution is 2.36. The van der Waals surface area contributed by atoms with E-state index in [9.17, 15) is 4.79 Å². The van der Waals surface area contributed by atoms with Crippen molar-refractivity contribution in [3.63, 3.8) is 0 Å². The third-order valence-corrected chi connectivity index (χ3v) is 11.2. The Balaban J connectivity index is 1.29. The fourth-order valence-corrected chi connectivity index (χ4v) is 8.72. The first-order chi connectivity index (χ1) is 20.7. The van der Waals surface area contributed by atoms with Gasteiger partial charge in [0.15, 0.2) is 20.1 Å². The number of benzene rings is 6. The van der Waals surface area contributed by atoms with Crippen LogP contribution in [0.1, 0.15) is 0 Å². The second-order valence-corrected chi connectivity index (χ2v) is 14.1. The first-order valence-corrected chi connectivity index (χ1v) is 16.5. The zero-order valence-electron chi connectivity index (χ0n) is 22.6. The molecule has 7 rings (SSSR count). The smallest absolute Gasteiger partial charge is 0.197 e. The summed E-state index contributed by atoms with van der Waals surface area (Å²) in [7, 11) is -0.393. The summed E-state index contributed by atoms with van der Waals surface area (Å²) in [5.41, 5.74) is 1.78. The average Bonchev–Trinajstić information content (AvgIpc) is 3.04. The van der Waals surface area contributed by atoms with Crippen molar-refractivity contribution in [1.82, 2.24) is 4.98 Å². The van der Waals surface area contributed by atoms with Crippen LogP contribution in [0.2, 0.25) is 0 Å². The van der Waals surface area contributed by atoms with Crippen molar-refractivity contribution in [2.24, 2.45) is 0 Å².